The molecule has 7 nitrogen and oxygen atoms in total. The van der Waals surface area contributed by atoms with Crippen LogP contribution < -0.4 is 9.47 Å². The summed E-state index contributed by atoms with van der Waals surface area (Å²) in [7, 11) is 0. The lowest BCUT2D eigenvalue weighted by Gasteiger charge is -2.39. The van der Waals surface area contributed by atoms with Crippen molar-refractivity contribution in [2.24, 2.45) is 0 Å². The molecule has 0 bridgehead atoms. The molecule has 3 rings (SSSR count). The Labute approximate surface area is 170 Å². The quantitative estimate of drug-likeness (QED) is 0.550. The van der Waals surface area contributed by atoms with Gasteiger partial charge in [-0.05, 0) is 43.2 Å². The van der Waals surface area contributed by atoms with E-state index < -0.39 is 37.3 Å². The average molecular weight is 404 g/mol. The molecule has 4 N–H and O–H groups in total. The van der Waals surface area contributed by atoms with Gasteiger partial charge in [-0.3, -0.25) is 0 Å². The Hall–Kier alpha value is -2.16. The Morgan fingerprint density at radius 3 is 2.28 bits per heavy atom. The molecule has 1 fully saturated rings. The zero-order valence-electron chi connectivity index (χ0n) is 16.5. The van der Waals surface area contributed by atoms with E-state index in [0.717, 1.165) is 16.9 Å². The molecular formula is C22H28O7. The number of benzene rings is 2. The standard InChI is InChI=1S/C22H28O7/c1-13(2)27-16-9-7-14(8-10-16)11-15-5-3-4-6-17(15)28-22-21(26)20(25)19(24)18(12-23)29-22/h3-10,13,18-26H,11-12H2,1-2H3/t18-,19-,20+,21-,22+/m1/s1. The summed E-state index contributed by atoms with van der Waals surface area (Å²) in [6.07, 6.45) is -5.90. The van der Waals surface area contributed by atoms with Gasteiger partial charge in [0.2, 0.25) is 6.29 Å². The molecular weight excluding hydrogens is 376 g/mol. The molecule has 0 radical (unpaired) electrons. The lowest BCUT2D eigenvalue weighted by molar-refractivity contribution is -0.277. The minimum absolute atomic E-state index is 0.105. The van der Waals surface area contributed by atoms with E-state index >= 15 is 0 Å². The molecule has 7 heteroatoms. The Morgan fingerprint density at radius 1 is 0.931 bits per heavy atom. The number of rotatable bonds is 7. The first kappa shape index (κ1) is 21.5. The molecule has 29 heavy (non-hydrogen) atoms. The molecule has 5 atom stereocenters. The van der Waals surface area contributed by atoms with Crippen molar-refractivity contribution in [2.75, 3.05) is 6.61 Å². The van der Waals surface area contributed by atoms with Crippen LogP contribution in [0.1, 0.15) is 25.0 Å². The zero-order valence-corrected chi connectivity index (χ0v) is 16.5. The summed E-state index contributed by atoms with van der Waals surface area (Å²) in [5.74, 6) is 1.29. The highest BCUT2D eigenvalue weighted by Crippen LogP contribution is 2.28. The monoisotopic (exact) mass is 404 g/mol. The summed E-state index contributed by atoms with van der Waals surface area (Å²) in [5, 5.41) is 39.4. The van der Waals surface area contributed by atoms with E-state index in [1.807, 2.05) is 50.2 Å². The predicted molar refractivity (Wildman–Crippen MR) is 106 cm³/mol. The molecule has 0 aromatic heterocycles. The summed E-state index contributed by atoms with van der Waals surface area (Å²) in [6, 6.07) is 15.1. The van der Waals surface area contributed by atoms with E-state index in [4.69, 9.17) is 14.2 Å². The van der Waals surface area contributed by atoms with Crippen LogP contribution in [0.25, 0.3) is 0 Å². The van der Waals surface area contributed by atoms with E-state index in [2.05, 4.69) is 0 Å². The molecule has 1 saturated heterocycles. The smallest absolute Gasteiger partial charge is 0.229 e. The van der Waals surface area contributed by atoms with Gasteiger partial charge in [0.15, 0.2) is 0 Å². The first-order valence-corrected chi connectivity index (χ1v) is 9.69. The second-order valence-electron chi connectivity index (χ2n) is 7.41. The maximum absolute atomic E-state index is 10.2. The summed E-state index contributed by atoms with van der Waals surface area (Å²) in [5.41, 5.74) is 1.91. The topological polar surface area (TPSA) is 109 Å². The zero-order chi connectivity index (χ0) is 21.0. The van der Waals surface area contributed by atoms with Gasteiger partial charge in [-0.15, -0.1) is 0 Å². The molecule has 1 aliphatic heterocycles. The third kappa shape index (κ3) is 5.26. The fourth-order valence-corrected chi connectivity index (χ4v) is 3.23. The maximum Gasteiger partial charge on any atom is 0.229 e. The summed E-state index contributed by atoms with van der Waals surface area (Å²) >= 11 is 0. The SMILES string of the molecule is CC(C)Oc1ccc(Cc2ccccc2O[C@H]2O[C@H](CO)[C@@H](O)[C@H](O)[C@H]2O)cc1. The van der Waals surface area contributed by atoms with Crippen LogP contribution in [0.4, 0.5) is 0 Å². The van der Waals surface area contributed by atoms with Crippen LogP contribution in [0.5, 0.6) is 11.5 Å². The number of para-hydroxylation sites is 1. The fraction of sp³-hybridized carbons (Fsp3) is 0.455. The van der Waals surface area contributed by atoms with Gasteiger partial charge in [0.25, 0.3) is 0 Å². The number of ether oxygens (including phenoxy) is 3. The van der Waals surface area contributed by atoms with Crippen molar-refractivity contribution < 1.29 is 34.6 Å². The molecule has 0 spiro atoms. The Balaban J connectivity index is 1.73. The van der Waals surface area contributed by atoms with Crippen LogP contribution >= 0.6 is 0 Å². The van der Waals surface area contributed by atoms with Gasteiger partial charge in [0, 0.05) is 6.42 Å². The average Bonchev–Trinajstić information content (AvgIpc) is 2.71. The number of hydrogen-bond donors (Lipinski definition) is 4. The molecule has 0 saturated carbocycles. The van der Waals surface area contributed by atoms with Crippen molar-refractivity contribution in [1.82, 2.24) is 0 Å². The van der Waals surface area contributed by atoms with Crippen molar-refractivity contribution >= 4 is 0 Å². The van der Waals surface area contributed by atoms with Crippen molar-refractivity contribution in [3.05, 3.63) is 59.7 Å². The normalized spacial score (nSPS) is 27.1. The van der Waals surface area contributed by atoms with E-state index in [1.165, 1.54) is 0 Å². The minimum Gasteiger partial charge on any atom is -0.491 e. The number of aliphatic hydroxyl groups is 4. The van der Waals surface area contributed by atoms with Crippen molar-refractivity contribution in [2.45, 2.75) is 57.1 Å². The molecule has 0 unspecified atom stereocenters. The first-order valence-electron chi connectivity index (χ1n) is 9.69. The summed E-state index contributed by atoms with van der Waals surface area (Å²) in [4.78, 5) is 0. The first-order chi connectivity index (χ1) is 13.9. The predicted octanol–water partition coefficient (Wildman–Crippen LogP) is 1.24. The second-order valence-corrected chi connectivity index (χ2v) is 7.41. The van der Waals surface area contributed by atoms with Gasteiger partial charge in [-0.25, -0.2) is 0 Å². The lowest BCUT2D eigenvalue weighted by atomic mass is 9.99. The molecule has 1 aliphatic rings. The van der Waals surface area contributed by atoms with Gasteiger partial charge < -0.3 is 34.6 Å². The Kier molecular flexibility index (Phi) is 7.10. The van der Waals surface area contributed by atoms with Crippen molar-refractivity contribution in [3.63, 3.8) is 0 Å². The van der Waals surface area contributed by atoms with E-state index in [1.54, 1.807) is 12.1 Å². The van der Waals surface area contributed by atoms with E-state index in [9.17, 15) is 20.4 Å². The highest BCUT2D eigenvalue weighted by molar-refractivity contribution is 5.39. The molecule has 0 aliphatic carbocycles. The minimum atomic E-state index is -1.48. The molecule has 2 aromatic rings. The number of hydrogen-bond acceptors (Lipinski definition) is 7. The Bertz CT molecular complexity index is 775. The van der Waals surface area contributed by atoms with E-state index in [0.29, 0.717) is 12.2 Å². The van der Waals surface area contributed by atoms with Crippen LogP contribution in [0.15, 0.2) is 48.5 Å². The lowest BCUT2D eigenvalue weighted by Crippen LogP contribution is -2.60. The molecule has 2 aromatic carbocycles. The fourth-order valence-electron chi connectivity index (χ4n) is 3.23. The maximum atomic E-state index is 10.2. The summed E-state index contributed by atoms with van der Waals surface area (Å²) < 4.78 is 16.9. The van der Waals surface area contributed by atoms with Crippen LogP contribution in [0, 0.1) is 0 Å². The van der Waals surface area contributed by atoms with Gasteiger partial charge in [-0.2, -0.15) is 0 Å². The number of aliphatic hydroxyl groups excluding tert-OH is 4. The van der Waals surface area contributed by atoms with Crippen molar-refractivity contribution in [1.29, 1.82) is 0 Å². The highest BCUT2D eigenvalue weighted by atomic mass is 16.7. The second kappa shape index (κ2) is 9.56. The Morgan fingerprint density at radius 2 is 1.62 bits per heavy atom. The van der Waals surface area contributed by atoms with Crippen LogP contribution in [0.2, 0.25) is 0 Å². The van der Waals surface area contributed by atoms with Gasteiger partial charge in [0.05, 0.1) is 12.7 Å². The van der Waals surface area contributed by atoms with Gasteiger partial charge in [-0.1, -0.05) is 30.3 Å². The van der Waals surface area contributed by atoms with Crippen LogP contribution in [0.3, 0.4) is 0 Å². The molecule has 0 amide bonds. The largest absolute Gasteiger partial charge is 0.491 e. The highest BCUT2D eigenvalue weighted by Gasteiger charge is 2.44. The third-order valence-corrected chi connectivity index (χ3v) is 4.75. The van der Waals surface area contributed by atoms with E-state index in [-0.39, 0.29) is 6.10 Å². The molecule has 158 valence electrons. The van der Waals surface area contributed by atoms with Crippen molar-refractivity contribution in [3.8, 4) is 11.5 Å². The van der Waals surface area contributed by atoms with Gasteiger partial charge in [0.1, 0.15) is 35.9 Å². The van der Waals surface area contributed by atoms with Crippen LogP contribution in [-0.2, 0) is 11.2 Å². The summed E-state index contributed by atoms with van der Waals surface area (Å²) in [6.45, 7) is 3.44. The van der Waals surface area contributed by atoms with Crippen LogP contribution in [-0.4, -0.2) is 63.8 Å². The van der Waals surface area contributed by atoms with Gasteiger partial charge >= 0.3 is 0 Å². The molecule has 1 heterocycles. The third-order valence-electron chi connectivity index (χ3n) is 4.75.